The molecule has 9 atom stereocenters. The molecule has 0 saturated carbocycles. The van der Waals surface area contributed by atoms with Gasteiger partial charge in [0.2, 0.25) is 5.91 Å². The van der Waals surface area contributed by atoms with Gasteiger partial charge in [0.1, 0.15) is 6.61 Å². The average Bonchev–Trinajstić information content (AvgIpc) is 3.26. The zero-order chi connectivity index (χ0) is 47.1. The van der Waals surface area contributed by atoms with Gasteiger partial charge in [-0.2, -0.15) is 0 Å². The zero-order valence-corrected chi connectivity index (χ0v) is 42.1. The van der Waals surface area contributed by atoms with Crippen LogP contribution >= 0.6 is 22.9 Å². The maximum absolute atomic E-state index is 14.9. The Balaban J connectivity index is 1.32. The molecule has 0 aromatic carbocycles. The Hall–Kier alpha value is -1.17. The minimum absolute atomic E-state index is 0.0334. The number of ether oxygens (including phenoxy) is 6. The number of rotatable bonds is 25. The van der Waals surface area contributed by atoms with Crippen LogP contribution in [0.5, 0.6) is 0 Å². The molecule has 23 nitrogen and oxygen atoms in total. The molecule has 0 spiro atoms. The first kappa shape index (κ1) is 55.4. The van der Waals surface area contributed by atoms with E-state index in [1.807, 2.05) is 27.7 Å². The summed E-state index contributed by atoms with van der Waals surface area (Å²) in [7, 11) is -2.30. The fourth-order valence-corrected chi connectivity index (χ4v) is 14.1. The Kier molecular flexibility index (Phi) is 23.0. The number of nitrogens with one attached hydrogen (secondary N) is 1. The fourth-order valence-electron chi connectivity index (χ4n) is 7.93. The molecule has 0 bridgehead atoms. The summed E-state index contributed by atoms with van der Waals surface area (Å²) in [4.78, 5) is 28.5. The number of morpholine rings is 3. The van der Waals surface area contributed by atoms with E-state index in [1.165, 1.54) is 0 Å². The van der Waals surface area contributed by atoms with Crippen molar-refractivity contribution in [3.63, 3.8) is 0 Å². The summed E-state index contributed by atoms with van der Waals surface area (Å²) in [5.41, 5.74) is 0. The minimum atomic E-state index is -3.69. The van der Waals surface area contributed by atoms with E-state index in [2.05, 4.69) is 5.32 Å². The molecule has 4 aliphatic heterocycles. The number of carbonyl (C=O) groups excluding carboxylic acids is 2. The molecule has 64 heavy (non-hydrogen) atoms. The van der Waals surface area contributed by atoms with E-state index in [0.29, 0.717) is 45.8 Å². The van der Waals surface area contributed by atoms with Crippen molar-refractivity contribution in [1.29, 1.82) is 0 Å². The van der Waals surface area contributed by atoms with Gasteiger partial charge < -0.3 is 62.2 Å². The first-order chi connectivity index (χ1) is 30.4. The Morgan fingerprint density at radius 2 is 1.12 bits per heavy atom. The smallest absolute Gasteiger partial charge is 0.409 e. The van der Waals surface area contributed by atoms with Crippen molar-refractivity contribution in [1.82, 2.24) is 38.5 Å². The molecule has 0 aliphatic carbocycles. The quantitative estimate of drug-likeness (QED) is 0.0982. The predicted molar refractivity (Wildman–Crippen MR) is 238 cm³/mol. The lowest BCUT2D eigenvalue weighted by Gasteiger charge is -2.44. The van der Waals surface area contributed by atoms with Crippen molar-refractivity contribution in [2.24, 2.45) is 0 Å². The number of hydrogen-bond acceptors (Lipinski definition) is 16. The second kappa shape index (κ2) is 26.5. The van der Waals surface area contributed by atoms with Gasteiger partial charge in [-0.1, -0.05) is 6.92 Å². The first-order valence-corrected chi connectivity index (χ1v) is 27.1. The zero-order valence-electron chi connectivity index (χ0n) is 39.4. The summed E-state index contributed by atoms with van der Waals surface area (Å²) in [6.07, 6.45) is -2.55. The highest BCUT2D eigenvalue weighted by Crippen LogP contribution is 2.56. The normalized spacial score (nSPS) is 28.5. The molecule has 0 aromatic heterocycles. The van der Waals surface area contributed by atoms with Gasteiger partial charge in [0.15, 0.2) is 0 Å². The lowest BCUT2D eigenvalue weighted by molar-refractivity contribution is -0.146. The number of carbonyl (C=O) groups is 2. The Labute approximate surface area is 380 Å². The topological polar surface area (TPSA) is 223 Å². The van der Waals surface area contributed by atoms with Crippen molar-refractivity contribution in [3.8, 4) is 0 Å². The van der Waals surface area contributed by atoms with Gasteiger partial charge in [0.25, 0.3) is 7.52 Å². The highest BCUT2D eigenvalue weighted by Gasteiger charge is 2.45. The third-order valence-electron chi connectivity index (χ3n) is 11.0. The molecule has 0 radical (unpaired) electrons. The first-order valence-electron chi connectivity index (χ1n) is 22.3. The maximum atomic E-state index is 14.9. The summed E-state index contributed by atoms with van der Waals surface area (Å²) in [6.45, 7) is 11.5. The molecular weight excluding hydrogens is 901 g/mol. The van der Waals surface area contributed by atoms with Crippen molar-refractivity contribution in [2.45, 2.75) is 70.7 Å². The van der Waals surface area contributed by atoms with Crippen molar-refractivity contribution in [3.05, 3.63) is 0 Å². The van der Waals surface area contributed by atoms with E-state index in [4.69, 9.17) is 47.1 Å². The number of aliphatic hydroxyl groups is 1. The molecule has 374 valence electrons. The van der Waals surface area contributed by atoms with Crippen LogP contribution in [-0.2, 0) is 60.5 Å². The molecule has 26 heteroatoms. The van der Waals surface area contributed by atoms with Crippen LogP contribution in [0.1, 0.15) is 34.1 Å². The van der Waals surface area contributed by atoms with Crippen LogP contribution in [0.25, 0.3) is 0 Å². The van der Waals surface area contributed by atoms with Crippen LogP contribution in [0, 0.1) is 0 Å². The SMILES string of the molecule is CCC(=O)N1CC(C)OC(COP(=O)(CNC)N2CC(C)OC(COP(=O)(N(C)C)N3CC(C)OC(COP(=O)(N(C)C)N4CCN(C(=O)OCCOCCOCCO)CC4)C3)C2)C1. The summed E-state index contributed by atoms with van der Waals surface area (Å²) in [5.74, 6) is 0.0334. The van der Waals surface area contributed by atoms with E-state index in [-0.39, 0.29) is 116 Å². The second-order valence-corrected chi connectivity index (χ2v) is 24.4. The molecule has 2 N–H and O–H groups in total. The van der Waals surface area contributed by atoms with Crippen LogP contribution in [0.15, 0.2) is 0 Å². The van der Waals surface area contributed by atoms with Crippen molar-refractivity contribution in [2.75, 3.05) is 166 Å². The summed E-state index contributed by atoms with van der Waals surface area (Å²) >= 11 is 0. The Bertz CT molecular complexity index is 1580. The van der Waals surface area contributed by atoms with Crippen LogP contribution in [0.4, 0.5) is 4.79 Å². The average molecular weight is 979 g/mol. The molecular formula is C38H77N8O15P3. The third kappa shape index (κ3) is 16.0. The summed E-state index contributed by atoms with van der Waals surface area (Å²) < 4.78 is 105. The Morgan fingerprint density at radius 1 is 0.641 bits per heavy atom. The number of amides is 2. The van der Waals surface area contributed by atoms with Gasteiger partial charge in [-0.25, -0.2) is 28.1 Å². The number of nitrogens with zero attached hydrogens (tertiary/aromatic N) is 7. The lowest BCUT2D eigenvalue weighted by atomic mass is 10.2. The molecule has 0 aromatic rings. The number of hydrogen-bond donors (Lipinski definition) is 2. The molecule has 9 unspecified atom stereocenters. The van der Waals surface area contributed by atoms with Gasteiger partial charge in [-0.3, -0.25) is 18.5 Å². The van der Waals surface area contributed by atoms with Gasteiger partial charge in [-0.05, 0) is 56.0 Å². The monoisotopic (exact) mass is 978 g/mol. The largest absolute Gasteiger partial charge is 0.447 e. The summed E-state index contributed by atoms with van der Waals surface area (Å²) in [6, 6.07) is 0. The van der Waals surface area contributed by atoms with Crippen LogP contribution in [0.3, 0.4) is 0 Å². The second-order valence-electron chi connectivity index (χ2n) is 16.8. The van der Waals surface area contributed by atoms with Crippen molar-refractivity contribution < 1.29 is 70.4 Å². The van der Waals surface area contributed by atoms with E-state index in [0.717, 1.165) is 0 Å². The van der Waals surface area contributed by atoms with Crippen molar-refractivity contribution >= 4 is 34.9 Å². The molecule has 2 amide bonds. The standard InChI is InChI=1S/C38H77N8O15P3/c1-10-37(48)43-21-31(2)59-34(24-43)27-56-62(50,30-39-5)45-22-32(3)60-35(25-45)28-58-64(52,41(8)9)46-23-33(4)61-36(26-46)29-57-63(51,40(6)7)44-13-11-42(12-14-44)38(49)55-20-19-54-18-17-53-16-15-47/h31-36,39,47H,10-30H2,1-9H3. The van der Waals surface area contributed by atoms with Gasteiger partial charge in [0.05, 0.1) is 95.8 Å². The van der Waals surface area contributed by atoms with E-state index in [1.54, 1.807) is 68.4 Å². The van der Waals surface area contributed by atoms with E-state index >= 15 is 0 Å². The molecule has 4 aliphatic rings. The summed E-state index contributed by atoms with van der Waals surface area (Å²) in [5, 5.41) is 11.8. The van der Waals surface area contributed by atoms with Crippen LogP contribution in [0.2, 0.25) is 0 Å². The van der Waals surface area contributed by atoms with Crippen LogP contribution in [-0.4, -0.2) is 253 Å². The van der Waals surface area contributed by atoms with Crippen LogP contribution < -0.4 is 5.32 Å². The maximum Gasteiger partial charge on any atom is 0.409 e. The highest BCUT2D eigenvalue weighted by atomic mass is 31.2. The van der Waals surface area contributed by atoms with E-state index < -0.39 is 47.3 Å². The minimum Gasteiger partial charge on any atom is -0.447 e. The molecule has 4 rings (SSSR count). The number of aliphatic hydroxyl groups excluding tert-OH is 1. The van der Waals surface area contributed by atoms with Gasteiger partial charge in [0, 0.05) is 71.9 Å². The molecule has 4 heterocycles. The predicted octanol–water partition coefficient (Wildman–Crippen LogP) is 1.73. The van der Waals surface area contributed by atoms with Gasteiger partial charge >= 0.3 is 21.4 Å². The highest BCUT2D eigenvalue weighted by molar-refractivity contribution is 7.56. The number of piperazine rings is 1. The third-order valence-corrected chi connectivity index (χ3v) is 18.6. The fraction of sp³-hybridized carbons (Fsp3) is 0.947. The van der Waals surface area contributed by atoms with E-state index in [9.17, 15) is 23.3 Å². The Morgan fingerprint density at radius 3 is 1.67 bits per heavy atom. The molecule has 4 saturated heterocycles. The molecule has 4 fully saturated rings. The lowest BCUT2D eigenvalue weighted by Crippen LogP contribution is -2.51. The van der Waals surface area contributed by atoms with Gasteiger partial charge in [-0.15, -0.1) is 0 Å².